The van der Waals surface area contributed by atoms with Crippen molar-refractivity contribution >= 4 is 35.6 Å². The molecule has 2 aromatic rings. The predicted octanol–water partition coefficient (Wildman–Crippen LogP) is 2.03. The van der Waals surface area contributed by atoms with Gasteiger partial charge in [-0.3, -0.25) is 14.3 Å². The van der Waals surface area contributed by atoms with Crippen LogP contribution in [0.2, 0.25) is 0 Å². The Kier molecular flexibility index (Phi) is 7.63. The molecule has 0 spiro atoms. The Morgan fingerprint density at radius 1 is 1.22 bits per heavy atom. The molecule has 3 rings (SSSR count). The van der Waals surface area contributed by atoms with E-state index in [2.05, 4.69) is 21.0 Å². The fourth-order valence-corrected chi connectivity index (χ4v) is 2.84. The Labute approximate surface area is 164 Å². The van der Waals surface area contributed by atoms with E-state index >= 15 is 0 Å². The number of hydrogen-bond donors (Lipinski definition) is 3. The molecule has 9 heteroatoms. The van der Waals surface area contributed by atoms with Gasteiger partial charge in [-0.1, -0.05) is 6.42 Å². The molecule has 1 unspecified atom stereocenters. The van der Waals surface area contributed by atoms with Crippen LogP contribution in [0.3, 0.4) is 0 Å². The number of carbonyl (C=O) groups is 2. The SMILES string of the molecule is COc1ccc(NC(=O)Cn2cc(NC(=O)C3CCCCN3)cn2)cc1.Cl. The van der Waals surface area contributed by atoms with E-state index < -0.39 is 0 Å². The first kappa shape index (κ1) is 20.7. The zero-order chi connectivity index (χ0) is 18.4. The van der Waals surface area contributed by atoms with Crippen LogP contribution in [0.4, 0.5) is 11.4 Å². The van der Waals surface area contributed by atoms with E-state index in [0.29, 0.717) is 11.4 Å². The minimum Gasteiger partial charge on any atom is -0.497 e. The number of aromatic nitrogens is 2. The van der Waals surface area contributed by atoms with Crippen LogP contribution in [-0.4, -0.2) is 41.3 Å². The number of amides is 2. The van der Waals surface area contributed by atoms with Crippen molar-refractivity contribution in [1.29, 1.82) is 0 Å². The van der Waals surface area contributed by atoms with E-state index in [0.717, 1.165) is 31.6 Å². The molecule has 1 aromatic carbocycles. The van der Waals surface area contributed by atoms with Crippen molar-refractivity contribution in [3.63, 3.8) is 0 Å². The van der Waals surface area contributed by atoms with Crippen molar-refractivity contribution in [2.75, 3.05) is 24.3 Å². The van der Waals surface area contributed by atoms with Crippen molar-refractivity contribution in [3.05, 3.63) is 36.7 Å². The fourth-order valence-electron chi connectivity index (χ4n) is 2.84. The minimum atomic E-state index is -0.204. The first-order chi connectivity index (χ1) is 12.6. The highest BCUT2D eigenvalue weighted by molar-refractivity contribution is 5.95. The number of carbonyl (C=O) groups excluding carboxylic acids is 2. The van der Waals surface area contributed by atoms with Crippen LogP contribution in [0, 0.1) is 0 Å². The number of methoxy groups -OCH3 is 1. The van der Waals surface area contributed by atoms with Gasteiger partial charge in [-0.2, -0.15) is 5.10 Å². The van der Waals surface area contributed by atoms with Crippen molar-refractivity contribution in [1.82, 2.24) is 15.1 Å². The highest BCUT2D eigenvalue weighted by Gasteiger charge is 2.20. The van der Waals surface area contributed by atoms with E-state index in [1.54, 1.807) is 43.8 Å². The summed E-state index contributed by atoms with van der Waals surface area (Å²) in [7, 11) is 1.59. The lowest BCUT2D eigenvalue weighted by Crippen LogP contribution is -2.43. The molecule has 146 valence electrons. The minimum absolute atomic E-state index is 0. The maximum atomic E-state index is 12.2. The molecule has 1 fully saturated rings. The van der Waals surface area contributed by atoms with Crippen LogP contribution in [0.5, 0.6) is 5.75 Å². The Morgan fingerprint density at radius 2 is 2.00 bits per heavy atom. The number of nitrogens with one attached hydrogen (secondary N) is 3. The van der Waals surface area contributed by atoms with E-state index in [1.165, 1.54) is 4.68 Å². The van der Waals surface area contributed by atoms with Crippen molar-refractivity contribution in [2.24, 2.45) is 0 Å². The molecule has 0 aliphatic carbocycles. The third-order valence-electron chi connectivity index (χ3n) is 4.21. The number of piperidine rings is 1. The second-order valence-corrected chi connectivity index (χ2v) is 6.20. The predicted molar refractivity (Wildman–Crippen MR) is 105 cm³/mol. The van der Waals surface area contributed by atoms with Crippen LogP contribution < -0.4 is 20.7 Å². The second-order valence-electron chi connectivity index (χ2n) is 6.20. The van der Waals surface area contributed by atoms with Crippen LogP contribution in [0.25, 0.3) is 0 Å². The summed E-state index contributed by atoms with van der Waals surface area (Å²) in [5, 5.41) is 13.0. The molecule has 3 N–H and O–H groups in total. The molecule has 8 nitrogen and oxygen atoms in total. The zero-order valence-corrected chi connectivity index (χ0v) is 15.9. The normalized spacial score (nSPS) is 16.1. The van der Waals surface area contributed by atoms with E-state index in [1.807, 2.05) is 0 Å². The molecule has 1 aliphatic rings. The molecule has 2 heterocycles. The largest absolute Gasteiger partial charge is 0.497 e. The molecule has 1 atom stereocenters. The molecule has 1 aromatic heterocycles. The monoisotopic (exact) mass is 393 g/mol. The van der Waals surface area contributed by atoms with Crippen LogP contribution in [0.15, 0.2) is 36.7 Å². The van der Waals surface area contributed by atoms with Crippen molar-refractivity contribution < 1.29 is 14.3 Å². The van der Waals surface area contributed by atoms with E-state index in [-0.39, 0.29) is 36.8 Å². The Balaban J connectivity index is 0.00000261. The number of anilines is 2. The Hall–Kier alpha value is -2.58. The smallest absolute Gasteiger partial charge is 0.246 e. The highest BCUT2D eigenvalue weighted by atomic mass is 35.5. The van der Waals surface area contributed by atoms with Gasteiger partial charge in [0.25, 0.3) is 0 Å². The number of hydrogen-bond acceptors (Lipinski definition) is 5. The molecule has 1 aliphatic heterocycles. The average Bonchev–Trinajstić information content (AvgIpc) is 3.09. The van der Waals surface area contributed by atoms with Gasteiger partial charge in [-0.15, -0.1) is 12.4 Å². The van der Waals surface area contributed by atoms with Gasteiger partial charge in [0, 0.05) is 11.9 Å². The molecule has 0 saturated carbocycles. The second kappa shape index (κ2) is 9.94. The maximum Gasteiger partial charge on any atom is 0.246 e. The highest BCUT2D eigenvalue weighted by Crippen LogP contribution is 2.15. The lowest BCUT2D eigenvalue weighted by Gasteiger charge is -2.22. The molecule has 1 saturated heterocycles. The summed E-state index contributed by atoms with van der Waals surface area (Å²) in [5.41, 5.74) is 1.26. The van der Waals surface area contributed by atoms with Crippen LogP contribution in [-0.2, 0) is 16.1 Å². The first-order valence-corrected chi connectivity index (χ1v) is 8.64. The van der Waals surface area contributed by atoms with Gasteiger partial charge in [0.2, 0.25) is 11.8 Å². The summed E-state index contributed by atoms with van der Waals surface area (Å²) in [6, 6.07) is 6.92. The van der Waals surface area contributed by atoms with Gasteiger partial charge in [-0.25, -0.2) is 0 Å². The molecule has 0 radical (unpaired) electrons. The molecular formula is C18H24ClN5O3. The molecule has 27 heavy (non-hydrogen) atoms. The zero-order valence-electron chi connectivity index (χ0n) is 15.1. The van der Waals surface area contributed by atoms with Crippen LogP contribution in [0.1, 0.15) is 19.3 Å². The lowest BCUT2D eigenvalue weighted by molar-refractivity contribution is -0.118. The first-order valence-electron chi connectivity index (χ1n) is 8.64. The molecule has 2 amide bonds. The number of rotatable bonds is 6. The molecule has 0 bridgehead atoms. The van der Waals surface area contributed by atoms with Gasteiger partial charge >= 0.3 is 0 Å². The fraction of sp³-hybridized carbons (Fsp3) is 0.389. The summed E-state index contributed by atoms with van der Waals surface area (Å²) in [6.45, 7) is 0.923. The summed E-state index contributed by atoms with van der Waals surface area (Å²) in [4.78, 5) is 24.3. The van der Waals surface area contributed by atoms with Crippen molar-refractivity contribution in [2.45, 2.75) is 31.8 Å². The Bertz CT molecular complexity index is 757. The third-order valence-corrected chi connectivity index (χ3v) is 4.21. The number of nitrogens with zero attached hydrogens (tertiary/aromatic N) is 2. The lowest BCUT2D eigenvalue weighted by atomic mass is 10.0. The van der Waals surface area contributed by atoms with Gasteiger partial charge in [0.1, 0.15) is 12.3 Å². The standard InChI is InChI=1S/C18H23N5O3.ClH/c1-26-15-7-5-13(6-8-15)21-17(24)12-23-11-14(10-20-23)22-18(25)16-4-2-3-9-19-16;/h5-8,10-11,16,19H,2-4,9,12H2,1H3,(H,21,24)(H,22,25);1H. The summed E-state index contributed by atoms with van der Waals surface area (Å²) in [5.74, 6) is 0.458. The number of benzene rings is 1. The van der Waals surface area contributed by atoms with Crippen LogP contribution >= 0.6 is 12.4 Å². The summed E-state index contributed by atoms with van der Waals surface area (Å²) >= 11 is 0. The van der Waals surface area contributed by atoms with Crippen molar-refractivity contribution in [3.8, 4) is 5.75 Å². The van der Waals surface area contributed by atoms with E-state index in [9.17, 15) is 9.59 Å². The van der Waals surface area contributed by atoms with Gasteiger partial charge < -0.3 is 20.7 Å². The van der Waals surface area contributed by atoms with Gasteiger partial charge in [0.15, 0.2) is 0 Å². The third kappa shape index (κ3) is 5.97. The quantitative estimate of drug-likeness (QED) is 0.697. The summed E-state index contributed by atoms with van der Waals surface area (Å²) in [6.07, 6.45) is 6.18. The van der Waals surface area contributed by atoms with Gasteiger partial charge in [-0.05, 0) is 43.7 Å². The van der Waals surface area contributed by atoms with E-state index in [4.69, 9.17) is 4.74 Å². The average molecular weight is 394 g/mol. The summed E-state index contributed by atoms with van der Waals surface area (Å²) < 4.78 is 6.57. The molecular weight excluding hydrogens is 370 g/mol. The Morgan fingerprint density at radius 3 is 2.67 bits per heavy atom. The number of ether oxygens (including phenoxy) is 1. The topological polar surface area (TPSA) is 97.3 Å². The number of halogens is 1. The van der Waals surface area contributed by atoms with Gasteiger partial charge in [0.05, 0.1) is 25.0 Å². The maximum absolute atomic E-state index is 12.2.